The predicted molar refractivity (Wildman–Crippen MR) is 124 cm³/mol. The zero-order chi connectivity index (χ0) is 25.3. The van der Waals surface area contributed by atoms with Gasteiger partial charge < -0.3 is 10.1 Å². The number of carbonyl (C=O) groups is 4. The molecule has 1 aliphatic rings. The maximum atomic E-state index is 13.1. The third kappa shape index (κ3) is 4.59. The number of carbonyl (C=O) groups excluding carboxylic acids is 4. The van der Waals surface area contributed by atoms with Crippen molar-refractivity contribution in [3.05, 3.63) is 104 Å². The molecule has 176 valence electrons. The summed E-state index contributed by atoms with van der Waals surface area (Å²) in [5.41, 5.74) is 0.383. The van der Waals surface area contributed by atoms with Gasteiger partial charge in [0.15, 0.2) is 0 Å². The van der Waals surface area contributed by atoms with Crippen LogP contribution in [-0.4, -0.2) is 40.6 Å². The highest BCUT2D eigenvalue weighted by Crippen LogP contribution is 2.29. The maximum absolute atomic E-state index is 13.1. The van der Waals surface area contributed by atoms with Crippen LogP contribution in [-0.2, 0) is 9.53 Å². The molecule has 3 aromatic rings. The number of benzene rings is 3. The first-order valence-corrected chi connectivity index (χ1v) is 10.5. The number of anilines is 1. The van der Waals surface area contributed by atoms with Gasteiger partial charge >= 0.3 is 5.97 Å². The molecule has 0 aromatic heterocycles. The summed E-state index contributed by atoms with van der Waals surface area (Å²) >= 11 is 6.07. The van der Waals surface area contributed by atoms with E-state index in [0.717, 1.165) is 11.0 Å². The van der Waals surface area contributed by atoms with Crippen LogP contribution in [0.3, 0.4) is 0 Å². The van der Waals surface area contributed by atoms with Crippen LogP contribution in [0, 0.1) is 10.1 Å². The molecular weight excluding hydrogens is 478 g/mol. The number of nitro groups is 1. The van der Waals surface area contributed by atoms with Crippen molar-refractivity contribution in [2.75, 3.05) is 12.4 Å². The van der Waals surface area contributed by atoms with Crippen LogP contribution in [0.2, 0.25) is 5.02 Å². The van der Waals surface area contributed by atoms with Gasteiger partial charge in [-0.3, -0.25) is 29.4 Å². The van der Waals surface area contributed by atoms with Crippen LogP contribution < -0.4 is 5.32 Å². The molecule has 0 radical (unpaired) electrons. The number of amides is 3. The normalized spacial score (nSPS) is 13.3. The summed E-state index contributed by atoms with van der Waals surface area (Å²) in [5, 5.41) is 13.4. The topological polar surface area (TPSA) is 136 Å². The highest BCUT2D eigenvalue weighted by Gasteiger charge is 2.34. The molecule has 0 fully saturated rings. The van der Waals surface area contributed by atoms with Crippen LogP contribution >= 0.6 is 11.6 Å². The zero-order valence-electron chi connectivity index (χ0n) is 18.1. The van der Waals surface area contributed by atoms with E-state index in [0.29, 0.717) is 5.56 Å². The number of hydrogen-bond acceptors (Lipinski definition) is 7. The molecule has 1 unspecified atom stereocenters. The number of nitro benzene ring substituents is 1. The Morgan fingerprint density at radius 1 is 1.00 bits per heavy atom. The predicted octanol–water partition coefficient (Wildman–Crippen LogP) is 4.01. The average molecular weight is 494 g/mol. The molecule has 0 spiro atoms. The zero-order valence-corrected chi connectivity index (χ0v) is 18.8. The van der Waals surface area contributed by atoms with Gasteiger partial charge in [-0.25, -0.2) is 4.79 Å². The van der Waals surface area contributed by atoms with E-state index in [1.807, 2.05) is 0 Å². The number of imide groups is 1. The van der Waals surface area contributed by atoms with Crippen LogP contribution in [0.15, 0.2) is 66.7 Å². The van der Waals surface area contributed by atoms with Crippen LogP contribution in [0.5, 0.6) is 0 Å². The second kappa shape index (κ2) is 9.35. The fourth-order valence-electron chi connectivity index (χ4n) is 3.48. The van der Waals surface area contributed by atoms with E-state index in [1.54, 1.807) is 30.3 Å². The molecule has 1 heterocycles. The Hall–Kier alpha value is -4.57. The summed E-state index contributed by atoms with van der Waals surface area (Å²) < 4.78 is 5.50. The molecule has 1 atom stereocenters. The summed E-state index contributed by atoms with van der Waals surface area (Å²) in [6.07, 6.45) is -1.41. The molecule has 4 rings (SSSR count). The number of hydrogen-bond donors (Lipinski definition) is 1. The summed E-state index contributed by atoms with van der Waals surface area (Å²) in [4.78, 5) is 61.6. The van der Waals surface area contributed by atoms with Crippen molar-refractivity contribution in [1.29, 1.82) is 0 Å². The lowest BCUT2D eigenvalue weighted by Crippen LogP contribution is -2.26. The van der Waals surface area contributed by atoms with Gasteiger partial charge in [-0.2, -0.15) is 0 Å². The SMILES string of the molecule is CN1C(=O)c2ccc(C(=O)OC(C(=O)Nc3ccc([N+](=O)[O-])cc3Cl)c3ccccc3)cc2C1=O. The Balaban J connectivity index is 1.61. The second-order valence-corrected chi connectivity index (χ2v) is 7.94. The lowest BCUT2D eigenvalue weighted by atomic mass is 10.1. The second-order valence-electron chi connectivity index (χ2n) is 7.54. The average Bonchev–Trinajstić information content (AvgIpc) is 3.07. The van der Waals surface area contributed by atoms with Crippen LogP contribution in [0.4, 0.5) is 11.4 Å². The van der Waals surface area contributed by atoms with Crippen molar-refractivity contribution in [2.24, 2.45) is 0 Å². The van der Waals surface area contributed by atoms with E-state index in [4.69, 9.17) is 16.3 Å². The first kappa shape index (κ1) is 23.6. The molecule has 3 aromatic carbocycles. The third-order valence-corrected chi connectivity index (χ3v) is 5.62. The highest BCUT2D eigenvalue weighted by molar-refractivity contribution is 6.34. The molecule has 0 aliphatic carbocycles. The molecule has 1 N–H and O–H groups in total. The first-order chi connectivity index (χ1) is 16.7. The molecule has 1 aliphatic heterocycles. The quantitative estimate of drug-likeness (QED) is 0.237. The Morgan fingerprint density at radius 2 is 1.69 bits per heavy atom. The Morgan fingerprint density at radius 3 is 2.34 bits per heavy atom. The molecule has 10 nitrogen and oxygen atoms in total. The minimum Gasteiger partial charge on any atom is -0.444 e. The first-order valence-electron chi connectivity index (χ1n) is 10.1. The molecule has 3 amide bonds. The van der Waals surface area contributed by atoms with E-state index in [-0.39, 0.29) is 33.1 Å². The van der Waals surface area contributed by atoms with Crippen molar-refractivity contribution in [2.45, 2.75) is 6.10 Å². The van der Waals surface area contributed by atoms with Crippen molar-refractivity contribution in [1.82, 2.24) is 4.90 Å². The van der Waals surface area contributed by atoms with Crippen molar-refractivity contribution >= 4 is 46.7 Å². The van der Waals surface area contributed by atoms with E-state index in [2.05, 4.69) is 5.32 Å². The Bertz CT molecular complexity index is 1390. The third-order valence-electron chi connectivity index (χ3n) is 5.31. The van der Waals surface area contributed by atoms with E-state index in [1.165, 1.54) is 37.4 Å². The van der Waals surface area contributed by atoms with Gasteiger partial charge in [0.25, 0.3) is 23.4 Å². The van der Waals surface area contributed by atoms with Gasteiger partial charge in [-0.1, -0.05) is 41.9 Å². The number of rotatable bonds is 6. The van der Waals surface area contributed by atoms with Gasteiger partial charge in [0.05, 0.1) is 32.3 Å². The molecule has 11 heteroatoms. The smallest absolute Gasteiger partial charge is 0.339 e. The van der Waals surface area contributed by atoms with Crippen molar-refractivity contribution in [3.63, 3.8) is 0 Å². The fourth-order valence-corrected chi connectivity index (χ4v) is 3.70. The molecule has 0 bridgehead atoms. The number of non-ortho nitro benzene ring substituents is 1. The summed E-state index contributed by atoms with van der Waals surface area (Å²) in [7, 11) is 1.34. The standard InChI is InChI=1S/C24H16ClN3O7/c1-27-22(30)16-9-7-14(11-17(16)23(27)31)24(32)35-20(13-5-3-2-4-6-13)21(29)26-19-10-8-15(28(33)34)12-18(19)25/h2-12,20H,1H3,(H,26,29). The maximum Gasteiger partial charge on any atom is 0.339 e. The van der Waals surface area contributed by atoms with Crippen molar-refractivity contribution in [3.8, 4) is 0 Å². The van der Waals surface area contributed by atoms with Crippen LogP contribution in [0.25, 0.3) is 0 Å². The van der Waals surface area contributed by atoms with Gasteiger partial charge in [-0.15, -0.1) is 0 Å². The number of esters is 1. The number of halogens is 1. The number of nitrogens with zero attached hydrogens (tertiary/aromatic N) is 2. The summed E-state index contributed by atoms with van der Waals surface area (Å²) in [6, 6.07) is 15.6. The number of ether oxygens (including phenoxy) is 1. The van der Waals surface area contributed by atoms with Gasteiger partial charge in [0.1, 0.15) is 0 Å². The minimum atomic E-state index is -1.41. The van der Waals surface area contributed by atoms with Crippen molar-refractivity contribution < 1.29 is 28.8 Å². The lowest BCUT2D eigenvalue weighted by molar-refractivity contribution is -0.384. The van der Waals surface area contributed by atoms with Gasteiger partial charge in [0, 0.05) is 24.7 Å². The number of nitrogens with one attached hydrogen (secondary N) is 1. The molecule has 35 heavy (non-hydrogen) atoms. The monoisotopic (exact) mass is 493 g/mol. The minimum absolute atomic E-state index is 0.0256. The molecular formula is C24H16ClN3O7. The Labute approximate surface area is 203 Å². The largest absolute Gasteiger partial charge is 0.444 e. The number of fused-ring (bicyclic) bond motifs is 1. The van der Waals surface area contributed by atoms with Crippen LogP contribution in [0.1, 0.15) is 42.7 Å². The summed E-state index contributed by atoms with van der Waals surface area (Å²) in [5.74, 6) is -2.69. The van der Waals surface area contributed by atoms with E-state index < -0.39 is 34.7 Å². The summed E-state index contributed by atoms with van der Waals surface area (Å²) in [6.45, 7) is 0. The van der Waals surface area contributed by atoms with E-state index in [9.17, 15) is 29.3 Å². The highest BCUT2D eigenvalue weighted by atomic mass is 35.5. The molecule has 0 saturated heterocycles. The Kier molecular flexibility index (Phi) is 6.30. The molecule has 0 saturated carbocycles. The fraction of sp³-hybridized carbons (Fsp3) is 0.0833. The van der Waals surface area contributed by atoms with Gasteiger partial charge in [-0.05, 0) is 24.3 Å². The lowest BCUT2D eigenvalue weighted by Gasteiger charge is -2.18. The van der Waals surface area contributed by atoms with Gasteiger partial charge in [0.2, 0.25) is 6.10 Å². The van der Waals surface area contributed by atoms with E-state index >= 15 is 0 Å².